The number of carbonyl (C=O) groups excluding carboxylic acids is 2. The summed E-state index contributed by atoms with van der Waals surface area (Å²) < 4.78 is 13.2. The van der Waals surface area contributed by atoms with Crippen molar-refractivity contribution >= 4 is 17.5 Å². The van der Waals surface area contributed by atoms with Crippen LogP contribution in [0.1, 0.15) is 33.6 Å². The molecule has 0 spiro atoms. The number of benzene rings is 1. The molecule has 1 saturated carbocycles. The third-order valence-electron chi connectivity index (χ3n) is 6.63. The number of anilines is 1. The number of halogens is 1. The van der Waals surface area contributed by atoms with Crippen LogP contribution in [0.3, 0.4) is 0 Å². The SMILES string of the molecule is CC(C)[C@]12C=C[C@](C)(CC1)[C@H]1C(=O)N(c3ccc(F)cc3)C(=O)[C@@H]12. The van der Waals surface area contributed by atoms with E-state index in [2.05, 4.69) is 32.9 Å². The molecule has 0 aromatic heterocycles. The first-order valence-corrected chi connectivity index (χ1v) is 8.64. The first-order chi connectivity index (χ1) is 11.3. The van der Waals surface area contributed by atoms with E-state index in [-0.39, 0.29) is 46.2 Å². The maximum absolute atomic E-state index is 13.3. The predicted molar refractivity (Wildman–Crippen MR) is 89.6 cm³/mol. The molecular weight excluding hydrogens is 305 g/mol. The number of amides is 2. The predicted octanol–water partition coefficient (Wildman–Crippen LogP) is 3.94. The van der Waals surface area contributed by atoms with E-state index in [1.165, 1.54) is 29.2 Å². The van der Waals surface area contributed by atoms with Crippen molar-refractivity contribution in [3.63, 3.8) is 0 Å². The summed E-state index contributed by atoms with van der Waals surface area (Å²) in [6.07, 6.45) is 6.23. The summed E-state index contributed by atoms with van der Waals surface area (Å²) in [5.74, 6) is -0.956. The summed E-state index contributed by atoms with van der Waals surface area (Å²) >= 11 is 0. The Bertz CT molecular complexity index is 753. The summed E-state index contributed by atoms with van der Waals surface area (Å²) in [4.78, 5) is 27.7. The van der Waals surface area contributed by atoms with Crippen molar-refractivity contribution < 1.29 is 14.0 Å². The molecule has 3 aliphatic carbocycles. The van der Waals surface area contributed by atoms with Crippen molar-refractivity contribution in [3.8, 4) is 0 Å². The Labute approximate surface area is 141 Å². The van der Waals surface area contributed by atoms with Crippen molar-refractivity contribution in [3.05, 3.63) is 42.2 Å². The topological polar surface area (TPSA) is 37.4 Å². The third kappa shape index (κ3) is 1.77. The van der Waals surface area contributed by atoms with Crippen LogP contribution in [0.2, 0.25) is 0 Å². The number of allylic oxidation sites excluding steroid dienone is 2. The van der Waals surface area contributed by atoms with Crippen LogP contribution in [0.15, 0.2) is 36.4 Å². The summed E-state index contributed by atoms with van der Waals surface area (Å²) in [6.45, 7) is 6.35. The minimum absolute atomic E-state index is 0.124. The van der Waals surface area contributed by atoms with Gasteiger partial charge in [-0.15, -0.1) is 0 Å². The average Bonchev–Trinajstić information content (AvgIpc) is 2.83. The van der Waals surface area contributed by atoms with Crippen molar-refractivity contribution in [2.24, 2.45) is 28.6 Å². The van der Waals surface area contributed by atoms with E-state index in [4.69, 9.17) is 0 Å². The molecule has 1 aromatic rings. The molecule has 2 bridgehead atoms. The lowest BCUT2D eigenvalue weighted by atomic mass is 9.46. The van der Waals surface area contributed by atoms with Gasteiger partial charge in [0.05, 0.1) is 17.5 Å². The van der Waals surface area contributed by atoms with Crippen LogP contribution in [0.25, 0.3) is 0 Å². The summed E-state index contributed by atoms with van der Waals surface area (Å²) in [7, 11) is 0. The fraction of sp³-hybridized carbons (Fsp3) is 0.500. The number of carbonyl (C=O) groups is 2. The lowest BCUT2D eigenvalue weighted by Crippen LogP contribution is -2.53. The fourth-order valence-electron chi connectivity index (χ4n) is 5.08. The van der Waals surface area contributed by atoms with Crippen molar-refractivity contribution in [1.82, 2.24) is 0 Å². The van der Waals surface area contributed by atoms with Crippen molar-refractivity contribution in [2.75, 3.05) is 4.90 Å². The monoisotopic (exact) mass is 327 g/mol. The molecule has 3 nitrogen and oxygen atoms in total. The van der Waals surface area contributed by atoms with E-state index in [1.807, 2.05) is 0 Å². The second-order valence-electron chi connectivity index (χ2n) is 8.05. The molecule has 0 N–H and O–H groups in total. The van der Waals surface area contributed by atoms with E-state index < -0.39 is 0 Å². The first-order valence-electron chi connectivity index (χ1n) is 8.64. The molecular formula is C20H22FNO2. The van der Waals surface area contributed by atoms with Crippen LogP contribution in [-0.2, 0) is 9.59 Å². The first kappa shape index (κ1) is 15.6. The van der Waals surface area contributed by atoms with Crippen molar-refractivity contribution in [2.45, 2.75) is 33.6 Å². The Balaban J connectivity index is 1.84. The Morgan fingerprint density at radius 2 is 1.67 bits per heavy atom. The number of fused-ring (bicyclic) bond motifs is 1. The van der Waals surface area contributed by atoms with Gasteiger partial charge in [0, 0.05) is 5.41 Å². The lowest BCUT2D eigenvalue weighted by molar-refractivity contribution is -0.135. The minimum atomic E-state index is -0.373. The molecule has 1 aliphatic heterocycles. The number of hydrogen-bond acceptors (Lipinski definition) is 2. The molecule has 5 rings (SSSR count). The van der Waals surface area contributed by atoms with E-state index in [0.717, 1.165) is 12.8 Å². The number of nitrogens with zero attached hydrogens (tertiary/aromatic N) is 1. The summed E-state index contributed by atoms with van der Waals surface area (Å²) in [5.41, 5.74) is -0.0324. The normalized spacial score (nSPS) is 37.5. The molecule has 2 amide bonds. The van der Waals surface area contributed by atoms with Gasteiger partial charge in [0.15, 0.2) is 0 Å². The standard InChI is InChI=1S/C20H22FNO2/c1-12(2)20-10-8-19(3,9-11-20)15-16(20)18(24)22(17(15)23)14-6-4-13(21)5-7-14/h4-8,10,12,15-16H,9,11H2,1-3H3/t15-,16-,19-,20+/m1/s1. The van der Waals surface area contributed by atoms with Gasteiger partial charge < -0.3 is 0 Å². The van der Waals surface area contributed by atoms with E-state index >= 15 is 0 Å². The molecule has 24 heavy (non-hydrogen) atoms. The Kier molecular flexibility index (Phi) is 3.09. The van der Waals surface area contributed by atoms with Gasteiger partial charge in [-0.1, -0.05) is 32.9 Å². The van der Waals surface area contributed by atoms with Crippen LogP contribution >= 0.6 is 0 Å². The quantitative estimate of drug-likeness (QED) is 0.609. The van der Waals surface area contributed by atoms with Crippen LogP contribution in [0.5, 0.6) is 0 Å². The zero-order valence-corrected chi connectivity index (χ0v) is 14.3. The molecule has 4 aliphatic rings. The van der Waals surface area contributed by atoms with Crippen LogP contribution in [-0.4, -0.2) is 11.8 Å². The van der Waals surface area contributed by atoms with Gasteiger partial charge in [-0.25, -0.2) is 9.29 Å². The van der Waals surface area contributed by atoms with Gasteiger partial charge in [0.2, 0.25) is 11.8 Å². The molecule has 0 radical (unpaired) electrons. The Morgan fingerprint density at radius 3 is 2.21 bits per heavy atom. The van der Waals surface area contributed by atoms with Gasteiger partial charge in [-0.2, -0.15) is 0 Å². The van der Waals surface area contributed by atoms with Gasteiger partial charge in [0.1, 0.15) is 5.82 Å². The zero-order valence-electron chi connectivity index (χ0n) is 14.3. The Morgan fingerprint density at radius 1 is 1.04 bits per heavy atom. The summed E-state index contributed by atoms with van der Waals surface area (Å²) in [5, 5.41) is 0. The largest absolute Gasteiger partial charge is 0.274 e. The lowest BCUT2D eigenvalue weighted by Gasteiger charge is -2.55. The maximum Gasteiger partial charge on any atom is 0.238 e. The highest BCUT2D eigenvalue weighted by Gasteiger charge is 2.67. The van der Waals surface area contributed by atoms with Crippen LogP contribution in [0, 0.1) is 34.4 Å². The highest BCUT2D eigenvalue weighted by Crippen LogP contribution is 2.64. The molecule has 0 unspecified atom stereocenters. The second-order valence-corrected chi connectivity index (χ2v) is 8.05. The Hall–Kier alpha value is -1.97. The van der Waals surface area contributed by atoms with E-state index in [0.29, 0.717) is 5.69 Å². The van der Waals surface area contributed by atoms with Crippen LogP contribution < -0.4 is 4.90 Å². The molecule has 4 atom stereocenters. The smallest absolute Gasteiger partial charge is 0.238 e. The highest BCUT2D eigenvalue weighted by molar-refractivity contribution is 6.23. The average molecular weight is 327 g/mol. The molecule has 2 fully saturated rings. The van der Waals surface area contributed by atoms with Gasteiger partial charge in [-0.3, -0.25) is 9.59 Å². The zero-order chi connectivity index (χ0) is 17.3. The summed E-state index contributed by atoms with van der Waals surface area (Å²) in [6, 6.07) is 5.62. The number of rotatable bonds is 2. The number of imide groups is 1. The van der Waals surface area contributed by atoms with Gasteiger partial charge >= 0.3 is 0 Å². The number of hydrogen-bond donors (Lipinski definition) is 0. The van der Waals surface area contributed by atoms with Crippen LogP contribution in [0.4, 0.5) is 10.1 Å². The van der Waals surface area contributed by atoms with Gasteiger partial charge in [-0.05, 0) is 48.4 Å². The molecule has 126 valence electrons. The van der Waals surface area contributed by atoms with E-state index in [9.17, 15) is 14.0 Å². The fourth-order valence-corrected chi connectivity index (χ4v) is 5.08. The van der Waals surface area contributed by atoms with Crippen molar-refractivity contribution in [1.29, 1.82) is 0 Å². The molecule has 4 heteroatoms. The minimum Gasteiger partial charge on any atom is -0.274 e. The third-order valence-corrected chi connectivity index (χ3v) is 6.63. The van der Waals surface area contributed by atoms with E-state index in [1.54, 1.807) is 0 Å². The molecule has 1 heterocycles. The highest BCUT2D eigenvalue weighted by atomic mass is 19.1. The van der Waals surface area contributed by atoms with Gasteiger partial charge in [0.25, 0.3) is 0 Å². The second kappa shape index (κ2) is 4.78. The maximum atomic E-state index is 13.3. The molecule has 1 saturated heterocycles. The molecule has 1 aromatic carbocycles.